The first-order chi connectivity index (χ1) is 10.0. The SMILES string of the molecule is O=C1Nc2ccc(C(=O)O)cc2C1=Cc1ccc(Cl)cc1. The molecule has 0 spiro atoms. The van der Waals surface area contributed by atoms with Gasteiger partial charge < -0.3 is 10.4 Å². The minimum atomic E-state index is -1.03. The van der Waals surface area contributed by atoms with Crippen LogP contribution >= 0.6 is 11.6 Å². The van der Waals surface area contributed by atoms with Crippen molar-refractivity contribution in [1.82, 2.24) is 0 Å². The summed E-state index contributed by atoms with van der Waals surface area (Å²) in [5, 5.41) is 12.4. The molecular weight excluding hydrogens is 290 g/mol. The van der Waals surface area contributed by atoms with E-state index in [-0.39, 0.29) is 11.5 Å². The summed E-state index contributed by atoms with van der Waals surface area (Å²) in [6.45, 7) is 0. The fourth-order valence-corrected chi connectivity index (χ4v) is 2.32. The number of carbonyl (C=O) groups excluding carboxylic acids is 1. The molecule has 0 bridgehead atoms. The quantitative estimate of drug-likeness (QED) is 0.834. The molecule has 3 rings (SSSR count). The Labute approximate surface area is 125 Å². The summed E-state index contributed by atoms with van der Waals surface area (Å²) in [5.74, 6) is -1.27. The zero-order valence-electron chi connectivity index (χ0n) is 10.8. The number of amides is 1. The molecule has 0 fully saturated rings. The monoisotopic (exact) mass is 299 g/mol. The Kier molecular flexibility index (Phi) is 3.23. The highest BCUT2D eigenvalue weighted by molar-refractivity contribution is 6.35. The van der Waals surface area contributed by atoms with Crippen molar-refractivity contribution in [1.29, 1.82) is 0 Å². The Morgan fingerprint density at radius 3 is 2.52 bits per heavy atom. The van der Waals surface area contributed by atoms with E-state index in [1.807, 2.05) is 0 Å². The van der Waals surface area contributed by atoms with Gasteiger partial charge in [-0.1, -0.05) is 23.7 Å². The summed E-state index contributed by atoms with van der Waals surface area (Å²) in [6, 6.07) is 11.6. The first-order valence-corrected chi connectivity index (χ1v) is 6.59. The van der Waals surface area contributed by atoms with Crippen molar-refractivity contribution in [2.75, 3.05) is 5.32 Å². The summed E-state index contributed by atoms with van der Waals surface area (Å²) in [7, 11) is 0. The van der Waals surface area contributed by atoms with Crippen LogP contribution in [-0.2, 0) is 4.79 Å². The van der Waals surface area contributed by atoms with Gasteiger partial charge in [0.2, 0.25) is 0 Å². The highest BCUT2D eigenvalue weighted by Crippen LogP contribution is 2.33. The zero-order valence-corrected chi connectivity index (χ0v) is 11.5. The Morgan fingerprint density at radius 2 is 1.86 bits per heavy atom. The van der Waals surface area contributed by atoms with Crippen molar-refractivity contribution in [2.45, 2.75) is 0 Å². The molecule has 1 aliphatic heterocycles. The smallest absolute Gasteiger partial charge is 0.335 e. The first kappa shape index (κ1) is 13.4. The standard InChI is InChI=1S/C16H10ClNO3/c17-11-4-1-9(2-5-11)7-13-12-8-10(16(20)21)3-6-14(12)18-15(13)19/h1-8H,(H,18,19)(H,20,21). The molecule has 0 aliphatic carbocycles. The van der Waals surface area contributed by atoms with E-state index in [0.717, 1.165) is 5.56 Å². The Morgan fingerprint density at radius 1 is 1.14 bits per heavy atom. The molecule has 1 heterocycles. The summed E-state index contributed by atoms with van der Waals surface area (Å²) < 4.78 is 0. The third kappa shape index (κ3) is 2.53. The summed E-state index contributed by atoms with van der Waals surface area (Å²) in [6.07, 6.45) is 1.71. The second-order valence-electron chi connectivity index (χ2n) is 4.63. The highest BCUT2D eigenvalue weighted by Gasteiger charge is 2.25. The number of nitrogens with one attached hydrogen (secondary N) is 1. The van der Waals surface area contributed by atoms with Gasteiger partial charge >= 0.3 is 5.97 Å². The third-order valence-corrected chi connectivity index (χ3v) is 3.48. The third-order valence-electron chi connectivity index (χ3n) is 3.23. The molecule has 0 radical (unpaired) electrons. The lowest BCUT2D eigenvalue weighted by atomic mass is 10.0. The number of rotatable bonds is 2. The summed E-state index contributed by atoms with van der Waals surface area (Å²) >= 11 is 5.83. The predicted molar refractivity (Wildman–Crippen MR) is 81.4 cm³/mol. The minimum Gasteiger partial charge on any atom is -0.478 e. The van der Waals surface area contributed by atoms with Gasteiger partial charge in [0.05, 0.1) is 5.56 Å². The van der Waals surface area contributed by atoms with Gasteiger partial charge in [0.15, 0.2) is 0 Å². The molecule has 1 amide bonds. The van der Waals surface area contributed by atoms with E-state index in [0.29, 0.717) is 21.8 Å². The fourth-order valence-electron chi connectivity index (χ4n) is 2.19. The lowest BCUT2D eigenvalue weighted by Gasteiger charge is -2.01. The van der Waals surface area contributed by atoms with Crippen LogP contribution in [0.2, 0.25) is 5.02 Å². The minimum absolute atomic E-state index is 0.146. The largest absolute Gasteiger partial charge is 0.478 e. The summed E-state index contributed by atoms with van der Waals surface area (Å²) in [5.41, 5.74) is 2.61. The van der Waals surface area contributed by atoms with Crippen LogP contribution in [0.4, 0.5) is 5.69 Å². The van der Waals surface area contributed by atoms with E-state index in [4.69, 9.17) is 16.7 Å². The molecular formula is C16H10ClNO3. The van der Waals surface area contributed by atoms with Gasteiger partial charge in [-0.25, -0.2) is 4.79 Å². The number of carboxylic acid groups (broad SMARTS) is 1. The van der Waals surface area contributed by atoms with Crippen LogP contribution in [-0.4, -0.2) is 17.0 Å². The van der Waals surface area contributed by atoms with Crippen LogP contribution in [0.3, 0.4) is 0 Å². The maximum Gasteiger partial charge on any atom is 0.335 e. The maximum atomic E-state index is 12.0. The Balaban J connectivity index is 2.09. The number of carbonyl (C=O) groups is 2. The van der Waals surface area contributed by atoms with Crippen LogP contribution in [0, 0.1) is 0 Å². The number of anilines is 1. The molecule has 2 aromatic carbocycles. The van der Waals surface area contributed by atoms with Crippen LogP contribution in [0.25, 0.3) is 11.6 Å². The number of fused-ring (bicyclic) bond motifs is 1. The highest BCUT2D eigenvalue weighted by atomic mass is 35.5. The number of hydrogen-bond donors (Lipinski definition) is 2. The average molecular weight is 300 g/mol. The van der Waals surface area contributed by atoms with E-state index in [2.05, 4.69) is 5.32 Å². The molecule has 5 heteroatoms. The van der Waals surface area contributed by atoms with Gasteiger partial charge in [-0.15, -0.1) is 0 Å². The second kappa shape index (κ2) is 5.07. The van der Waals surface area contributed by atoms with Crippen LogP contribution in [0.1, 0.15) is 21.5 Å². The predicted octanol–water partition coefficient (Wildman–Crippen LogP) is 3.53. The van der Waals surface area contributed by atoms with E-state index in [1.54, 1.807) is 36.4 Å². The van der Waals surface area contributed by atoms with Gasteiger partial charge in [-0.05, 0) is 42.0 Å². The normalized spacial score (nSPS) is 14.9. The molecule has 1 aliphatic rings. The molecule has 2 N–H and O–H groups in total. The van der Waals surface area contributed by atoms with E-state index < -0.39 is 5.97 Å². The number of hydrogen-bond acceptors (Lipinski definition) is 2. The van der Waals surface area contributed by atoms with Gasteiger partial charge in [0.1, 0.15) is 0 Å². The van der Waals surface area contributed by atoms with Crippen LogP contribution < -0.4 is 5.32 Å². The van der Waals surface area contributed by atoms with E-state index >= 15 is 0 Å². The van der Waals surface area contributed by atoms with Gasteiger partial charge in [-0.2, -0.15) is 0 Å². The van der Waals surface area contributed by atoms with Crippen molar-refractivity contribution in [3.05, 3.63) is 64.2 Å². The molecule has 0 saturated carbocycles. The lowest BCUT2D eigenvalue weighted by molar-refractivity contribution is -0.110. The van der Waals surface area contributed by atoms with Gasteiger partial charge in [0.25, 0.3) is 5.91 Å². The van der Waals surface area contributed by atoms with Crippen molar-refractivity contribution < 1.29 is 14.7 Å². The van der Waals surface area contributed by atoms with E-state index in [9.17, 15) is 9.59 Å². The van der Waals surface area contributed by atoms with Crippen molar-refractivity contribution in [3.63, 3.8) is 0 Å². The van der Waals surface area contributed by atoms with Crippen molar-refractivity contribution in [3.8, 4) is 0 Å². The van der Waals surface area contributed by atoms with Crippen LogP contribution in [0.5, 0.6) is 0 Å². The van der Waals surface area contributed by atoms with E-state index in [1.165, 1.54) is 12.1 Å². The maximum absolute atomic E-state index is 12.0. The number of carboxylic acids is 1. The number of halogens is 1. The molecule has 0 saturated heterocycles. The van der Waals surface area contributed by atoms with Crippen LogP contribution in [0.15, 0.2) is 42.5 Å². The van der Waals surface area contributed by atoms with Crippen molar-refractivity contribution in [2.24, 2.45) is 0 Å². The number of aromatic carboxylic acids is 1. The van der Waals surface area contributed by atoms with Gasteiger partial charge in [0, 0.05) is 21.8 Å². The average Bonchev–Trinajstić information content (AvgIpc) is 2.77. The van der Waals surface area contributed by atoms with Gasteiger partial charge in [-0.3, -0.25) is 4.79 Å². The fraction of sp³-hybridized carbons (Fsp3) is 0. The summed E-state index contributed by atoms with van der Waals surface area (Å²) in [4.78, 5) is 23.1. The second-order valence-corrected chi connectivity index (χ2v) is 5.07. The molecule has 104 valence electrons. The lowest BCUT2D eigenvalue weighted by Crippen LogP contribution is -2.03. The molecule has 0 aromatic heterocycles. The molecule has 4 nitrogen and oxygen atoms in total. The zero-order chi connectivity index (χ0) is 15.0. The molecule has 21 heavy (non-hydrogen) atoms. The molecule has 0 atom stereocenters. The number of benzene rings is 2. The Bertz CT molecular complexity index is 779. The Hall–Kier alpha value is -2.59. The molecule has 2 aromatic rings. The van der Waals surface area contributed by atoms with Crippen molar-refractivity contribution >= 4 is 40.8 Å². The molecule has 0 unspecified atom stereocenters. The first-order valence-electron chi connectivity index (χ1n) is 6.21. The topological polar surface area (TPSA) is 66.4 Å².